The number of alkyl carbamates (subject to hydrolysis) is 1. The zero-order valence-corrected chi connectivity index (χ0v) is 31.1. The minimum Gasteiger partial charge on any atom is -0.481 e. The standard InChI is InChI=1S/C40H64N2O7/c1-7-27-23-42(24-34(27)49-37(46)16-15-36(44)45)35(43)22-41-38(47)48-29-17-19-39(5)28(21-29)11-12-30-32-14-13-31(26(4)10-8-9-25(2)3)40(32,6)20-18-33(30)39/h11,25-27,29-34H,7-10,12-24H2,1-6H3,(H,41,47)(H,44,45)/t26-,27?,29+,30?,31-,32?,33?,34?,39+,40-/m1/s1. The summed E-state index contributed by atoms with van der Waals surface area (Å²) in [6, 6.07) is 0. The molecule has 5 rings (SSSR count). The van der Waals surface area contributed by atoms with E-state index in [4.69, 9.17) is 14.6 Å². The number of allylic oxidation sites excluding steroid dienone is 1. The third-order valence-electron chi connectivity index (χ3n) is 14.0. The van der Waals surface area contributed by atoms with Gasteiger partial charge in [-0.25, -0.2) is 4.79 Å². The van der Waals surface area contributed by atoms with Crippen LogP contribution in [0, 0.1) is 52.3 Å². The van der Waals surface area contributed by atoms with Crippen LogP contribution in [0.15, 0.2) is 11.6 Å². The predicted molar refractivity (Wildman–Crippen MR) is 188 cm³/mol. The van der Waals surface area contributed by atoms with Gasteiger partial charge in [0.05, 0.1) is 19.4 Å². The Morgan fingerprint density at radius 2 is 1.76 bits per heavy atom. The molecule has 0 aromatic carbocycles. The maximum absolute atomic E-state index is 13.0. The molecule has 0 bridgehead atoms. The van der Waals surface area contributed by atoms with Gasteiger partial charge >= 0.3 is 18.0 Å². The first-order chi connectivity index (χ1) is 23.2. The number of carbonyl (C=O) groups excluding carboxylic acids is 3. The van der Waals surface area contributed by atoms with Crippen LogP contribution in [0.25, 0.3) is 0 Å². The molecule has 2 amide bonds. The molecule has 9 nitrogen and oxygen atoms in total. The number of hydrogen-bond acceptors (Lipinski definition) is 6. The van der Waals surface area contributed by atoms with E-state index in [1.807, 2.05) is 6.92 Å². The van der Waals surface area contributed by atoms with Crippen molar-refractivity contribution in [1.29, 1.82) is 0 Å². The molecule has 2 N–H and O–H groups in total. The van der Waals surface area contributed by atoms with Gasteiger partial charge in [-0.2, -0.15) is 0 Å². The lowest BCUT2D eigenvalue weighted by molar-refractivity contribution is -0.153. The summed E-state index contributed by atoms with van der Waals surface area (Å²) in [6.07, 6.45) is 14.9. The van der Waals surface area contributed by atoms with Gasteiger partial charge in [0.15, 0.2) is 0 Å². The summed E-state index contributed by atoms with van der Waals surface area (Å²) in [6.45, 7) is 14.8. The smallest absolute Gasteiger partial charge is 0.407 e. The molecular weight excluding hydrogens is 620 g/mol. The van der Waals surface area contributed by atoms with Crippen LogP contribution in [-0.4, -0.2) is 65.8 Å². The predicted octanol–water partition coefficient (Wildman–Crippen LogP) is 7.77. The number of esters is 1. The molecule has 0 radical (unpaired) electrons. The Balaban J connectivity index is 1.10. The summed E-state index contributed by atoms with van der Waals surface area (Å²) in [4.78, 5) is 50.3. The molecule has 4 fully saturated rings. The number of hydrogen-bond donors (Lipinski definition) is 2. The molecule has 1 saturated heterocycles. The van der Waals surface area contributed by atoms with E-state index in [9.17, 15) is 19.2 Å². The fourth-order valence-corrected chi connectivity index (χ4v) is 11.2. The van der Waals surface area contributed by atoms with Gasteiger partial charge in [0.2, 0.25) is 5.91 Å². The summed E-state index contributed by atoms with van der Waals surface area (Å²) in [5.74, 6) is 2.85. The normalized spacial score (nSPS) is 35.9. The molecule has 276 valence electrons. The Bertz CT molecular complexity index is 1250. The van der Waals surface area contributed by atoms with Crippen LogP contribution >= 0.6 is 0 Å². The lowest BCUT2D eigenvalue weighted by Crippen LogP contribution is -2.51. The Hall–Kier alpha value is -2.58. The zero-order valence-electron chi connectivity index (χ0n) is 31.1. The molecule has 3 saturated carbocycles. The van der Waals surface area contributed by atoms with Crippen molar-refractivity contribution in [3.05, 3.63) is 11.6 Å². The number of likely N-dealkylation sites (tertiary alicyclic amines) is 1. The number of rotatable bonds is 13. The van der Waals surface area contributed by atoms with Gasteiger partial charge in [0, 0.05) is 18.9 Å². The van der Waals surface area contributed by atoms with Crippen LogP contribution in [0.3, 0.4) is 0 Å². The highest BCUT2D eigenvalue weighted by atomic mass is 16.6. The Kier molecular flexibility index (Phi) is 12.1. The molecule has 9 heteroatoms. The number of nitrogens with zero attached hydrogens (tertiary/aromatic N) is 1. The van der Waals surface area contributed by atoms with Gasteiger partial charge in [-0.1, -0.05) is 72.5 Å². The minimum absolute atomic E-state index is 0.0271. The van der Waals surface area contributed by atoms with Gasteiger partial charge in [0.1, 0.15) is 18.8 Å². The summed E-state index contributed by atoms with van der Waals surface area (Å²) in [5, 5.41) is 11.5. The van der Waals surface area contributed by atoms with Crippen molar-refractivity contribution in [2.24, 2.45) is 52.3 Å². The second kappa shape index (κ2) is 15.8. The van der Waals surface area contributed by atoms with Gasteiger partial charge in [-0.15, -0.1) is 0 Å². The van der Waals surface area contributed by atoms with Crippen molar-refractivity contribution in [1.82, 2.24) is 10.2 Å². The van der Waals surface area contributed by atoms with E-state index in [1.165, 1.54) is 50.5 Å². The van der Waals surface area contributed by atoms with Crippen LogP contribution in [-0.2, 0) is 23.9 Å². The molecule has 0 aromatic rings. The number of fused-ring (bicyclic) bond motifs is 5. The van der Waals surface area contributed by atoms with E-state index in [-0.39, 0.29) is 49.3 Å². The molecule has 10 atom stereocenters. The molecule has 0 aromatic heterocycles. The van der Waals surface area contributed by atoms with Crippen molar-refractivity contribution in [3.8, 4) is 0 Å². The topological polar surface area (TPSA) is 122 Å². The first-order valence-electron chi connectivity index (χ1n) is 19.6. The van der Waals surface area contributed by atoms with E-state index < -0.39 is 24.1 Å². The molecule has 49 heavy (non-hydrogen) atoms. The maximum Gasteiger partial charge on any atom is 0.407 e. The summed E-state index contributed by atoms with van der Waals surface area (Å²) >= 11 is 0. The Morgan fingerprint density at radius 3 is 2.47 bits per heavy atom. The number of amides is 2. The van der Waals surface area contributed by atoms with Crippen LogP contribution in [0.5, 0.6) is 0 Å². The minimum atomic E-state index is -1.05. The van der Waals surface area contributed by atoms with Crippen molar-refractivity contribution < 1.29 is 33.8 Å². The molecule has 5 aliphatic rings. The third kappa shape index (κ3) is 8.32. The van der Waals surface area contributed by atoms with Crippen molar-refractivity contribution in [3.63, 3.8) is 0 Å². The average molecular weight is 685 g/mol. The lowest BCUT2D eigenvalue weighted by Gasteiger charge is -2.58. The van der Waals surface area contributed by atoms with Crippen molar-refractivity contribution in [2.75, 3.05) is 19.6 Å². The Labute approximate surface area is 294 Å². The van der Waals surface area contributed by atoms with Gasteiger partial charge in [0.25, 0.3) is 0 Å². The maximum atomic E-state index is 13.0. The SMILES string of the molecule is CCC1CN(C(=O)CNC(=O)O[C@H]2CC[C@@]3(C)C(=CCC4C3CC[C@@]3(C)C4CC[C@@H]3[C@H](C)CCCC(C)C)C2)CC1OC(=O)CCC(=O)O. The largest absolute Gasteiger partial charge is 0.481 e. The Morgan fingerprint density at radius 1 is 0.980 bits per heavy atom. The van der Waals surface area contributed by atoms with Gasteiger partial charge in [-0.05, 0) is 97.7 Å². The molecule has 5 unspecified atom stereocenters. The number of ether oxygens (including phenoxy) is 2. The molecule has 1 heterocycles. The third-order valence-corrected chi connectivity index (χ3v) is 14.0. The van der Waals surface area contributed by atoms with E-state index in [0.717, 1.165) is 55.3 Å². The van der Waals surface area contributed by atoms with Gasteiger partial charge in [-0.3, -0.25) is 14.4 Å². The molecular formula is C40H64N2O7. The lowest BCUT2D eigenvalue weighted by atomic mass is 9.47. The van der Waals surface area contributed by atoms with E-state index in [0.29, 0.717) is 24.3 Å². The summed E-state index contributed by atoms with van der Waals surface area (Å²) in [7, 11) is 0. The first kappa shape index (κ1) is 37.7. The van der Waals surface area contributed by atoms with Gasteiger partial charge < -0.3 is 24.8 Å². The van der Waals surface area contributed by atoms with Crippen molar-refractivity contribution in [2.45, 2.75) is 144 Å². The van der Waals surface area contributed by atoms with Crippen LogP contribution in [0.4, 0.5) is 4.79 Å². The quantitative estimate of drug-likeness (QED) is 0.150. The number of carboxylic acid groups (broad SMARTS) is 1. The monoisotopic (exact) mass is 684 g/mol. The second-order valence-electron chi connectivity index (χ2n) is 17.3. The number of carbonyl (C=O) groups is 4. The van der Waals surface area contributed by atoms with E-state index in [1.54, 1.807) is 4.90 Å². The zero-order chi connectivity index (χ0) is 35.5. The van der Waals surface area contributed by atoms with Crippen molar-refractivity contribution >= 4 is 23.9 Å². The van der Waals surface area contributed by atoms with E-state index >= 15 is 0 Å². The first-order valence-corrected chi connectivity index (χ1v) is 19.6. The summed E-state index contributed by atoms with van der Waals surface area (Å²) < 4.78 is 11.4. The molecule has 0 spiro atoms. The van der Waals surface area contributed by atoms with Crippen LogP contribution in [0.1, 0.15) is 131 Å². The summed E-state index contributed by atoms with van der Waals surface area (Å²) in [5.41, 5.74) is 2.12. The molecule has 4 aliphatic carbocycles. The highest BCUT2D eigenvalue weighted by Crippen LogP contribution is 2.67. The van der Waals surface area contributed by atoms with Crippen LogP contribution in [0.2, 0.25) is 0 Å². The fourth-order valence-electron chi connectivity index (χ4n) is 11.2. The number of carboxylic acids is 1. The van der Waals surface area contributed by atoms with E-state index in [2.05, 4.69) is 46.0 Å². The highest BCUT2D eigenvalue weighted by Gasteiger charge is 2.59. The van der Waals surface area contributed by atoms with Crippen LogP contribution < -0.4 is 5.32 Å². The average Bonchev–Trinajstić information content (AvgIpc) is 3.63. The molecule has 1 aliphatic heterocycles. The second-order valence-corrected chi connectivity index (χ2v) is 17.3. The fraction of sp³-hybridized carbons (Fsp3) is 0.850. The number of nitrogens with one attached hydrogen (secondary N) is 1. The number of aliphatic carboxylic acids is 1. The highest BCUT2D eigenvalue weighted by molar-refractivity contribution is 5.82.